The number of amides is 1. The molecule has 0 aliphatic carbocycles. The zero-order valence-electron chi connectivity index (χ0n) is 16.5. The summed E-state index contributed by atoms with van der Waals surface area (Å²) in [6.07, 6.45) is 0.582. The lowest BCUT2D eigenvalue weighted by Crippen LogP contribution is -2.31. The fraction of sp³-hybridized carbons (Fsp3) is 0.120. The van der Waals surface area contributed by atoms with Gasteiger partial charge < -0.3 is 10.0 Å². The van der Waals surface area contributed by atoms with Crippen LogP contribution in [0.25, 0.3) is 5.76 Å². The van der Waals surface area contributed by atoms with Gasteiger partial charge in [0.2, 0.25) is 0 Å². The Morgan fingerprint density at radius 1 is 0.839 bits per heavy atom. The fourth-order valence-electron chi connectivity index (χ4n) is 3.76. The fourth-order valence-corrected chi connectivity index (χ4v) is 4.01. The van der Waals surface area contributed by atoms with E-state index in [1.807, 2.05) is 30.3 Å². The van der Waals surface area contributed by atoms with Gasteiger partial charge in [0.25, 0.3) is 11.7 Å². The van der Waals surface area contributed by atoms with Gasteiger partial charge in [0.1, 0.15) is 5.76 Å². The number of halogens is 2. The maximum absolute atomic E-state index is 13.0. The van der Waals surface area contributed by atoms with E-state index in [9.17, 15) is 14.7 Å². The van der Waals surface area contributed by atoms with Crippen LogP contribution >= 0.6 is 23.2 Å². The Labute approximate surface area is 190 Å². The Bertz CT molecular complexity index is 1140. The van der Waals surface area contributed by atoms with E-state index in [-0.39, 0.29) is 11.3 Å². The largest absolute Gasteiger partial charge is 0.507 e. The molecule has 0 spiro atoms. The molecule has 3 aromatic carbocycles. The molecule has 0 radical (unpaired) electrons. The quantitative estimate of drug-likeness (QED) is 0.309. The molecule has 3 aromatic rings. The topological polar surface area (TPSA) is 57.6 Å². The number of hydrogen-bond acceptors (Lipinski definition) is 3. The number of likely N-dealkylation sites (tertiary alicyclic amines) is 1. The molecule has 0 bridgehead atoms. The van der Waals surface area contributed by atoms with Gasteiger partial charge in [-0.2, -0.15) is 0 Å². The first-order valence-corrected chi connectivity index (χ1v) is 10.5. The summed E-state index contributed by atoms with van der Waals surface area (Å²) in [5.74, 6) is -1.57. The highest BCUT2D eigenvalue weighted by molar-refractivity contribution is 6.46. The van der Waals surface area contributed by atoms with E-state index in [2.05, 4.69) is 0 Å². The normalized spacial score (nSPS) is 17.9. The van der Waals surface area contributed by atoms with Crippen molar-refractivity contribution in [3.05, 3.63) is 111 Å². The molecule has 156 valence electrons. The molecular formula is C25H19Cl2NO3. The highest BCUT2D eigenvalue weighted by Gasteiger charge is 2.45. The minimum atomic E-state index is -0.711. The molecule has 0 aromatic heterocycles. The smallest absolute Gasteiger partial charge is 0.295 e. The number of aliphatic hydroxyl groups is 1. The summed E-state index contributed by atoms with van der Waals surface area (Å²) < 4.78 is 0. The number of hydrogen-bond donors (Lipinski definition) is 1. The van der Waals surface area contributed by atoms with E-state index in [0.29, 0.717) is 34.1 Å². The van der Waals surface area contributed by atoms with E-state index < -0.39 is 17.7 Å². The molecule has 4 nitrogen and oxygen atoms in total. The van der Waals surface area contributed by atoms with Crippen LogP contribution in [0.5, 0.6) is 0 Å². The molecule has 0 saturated carbocycles. The molecule has 1 aliphatic rings. The second-order valence-electron chi connectivity index (χ2n) is 7.29. The molecule has 4 rings (SSSR count). The van der Waals surface area contributed by atoms with Crippen LogP contribution in [0.15, 0.2) is 84.4 Å². The lowest BCUT2D eigenvalue weighted by Gasteiger charge is -2.25. The average molecular weight is 452 g/mol. The van der Waals surface area contributed by atoms with E-state index in [4.69, 9.17) is 23.2 Å². The highest BCUT2D eigenvalue weighted by Crippen LogP contribution is 2.39. The lowest BCUT2D eigenvalue weighted by molar-refractivity contribution is -0.139. The monoisotopic (exact) mass is 451 g/mol. The van der Waals surface area contributed by atoms with E-state index >= 15 is 0 Å². The third kappa shape index (κ3) is 4.36. The SMILES string of the molecule is O=C1C(=O)N(CCc2ccccc2)C(c2ccc(Cl)cc2)/C1=C(/O)c1ccc(Cl)cc1. The van der Waals surface area contributed by atoms with Crippen molar-refractivity contribution >= 4 is 40.7 Å². The second-order valence-corrected chi connectivity index (χ2v) is 8.16. The summed E-state index contributed by atoms with van der Waals surface area (Å²) in [6, 6.07) is 22.5. The van der Waals surface area contributed by atoms with Gasteiger partial charge in [0, 0.05) is 22.2 Å². The van der Waals surface area contributed by atoms with Gasteiger partial charge in [-0.05, 0) is 53.9 Å². The van der Waals surface area contributed by atoms with Crippen molar-refractivity contribution in [1.82, 2.24) is 4.90 Å². The molecule has 1 atom stereocenters. The number of benzene rings is 3. The lowest BCUT2D eigenvalue weighted by atomic mass is 9.95. The molecule has 1 fully saturated rings. The third-order valence-electron chi connectivity index (χ3n) is 5.33. The number of ketones is 1. The summed E-state index contributed by atoms with van der Waals surface area (Å²) in [6.45, 7) is 0.333. The van der Waals surface area contributed by atoms with Crippen molar-refractivity contribution in [3.8, 4) is 0 Å². The maximum Gasteiger partial charge on any atom is 0.295 e. The van der Waals surface area contributed by atoms with Gasteiger partial charge in [-0.25, -0.2) is 0 Å². The van der Waals surface area contributed by atoms with Gasteiger partial charge in [-0.3, -0.25) is 9.59 Å². The van der Waals surface area contributed by atoms with Crippen LogP contribution in [0.3, 0.4) is 0 Å². The molecule has 1 heterocycles. The number of nitrogens with zero attached hydrogens (tertiary/aromatic N) is 1. The first kappa shape index (κ1) is 21.2. The average Bonchev–Trinajstić information content (AvgIpc) is 3.04. The van der Waals surface area contributed by atoms with Crippen molar-refractivity contribution in [2.75, 3.05) is 6.54 Å². The van der Waals surface area contributed by atoms with Crippen LogP contribution in [0.1, 0.15) is 22.7 Å². The Hall–Kier alpha value is -3.08. The third-order valence-corrected chi connectivity index (χ3v) is 5.83. The van der Waals surface area contributed by atoms with Gasteiger partial charge in [-0.15, -0.1) is 0 Å². The van der Waals surface area contributed by atoms with Crippen LogP contribution in [0.2, 0.25) is 10.0 Å². The molecule has 1 unspecified atom stereocenters. The standard InChI is InChI=1S/C25H19Cl2NO3/c26-19-10-6-17(7-11-19)22-21(23(29)18-8-12-20(27)13-9-18)24(30)25(31)28(22)15-14-16-4-2-1-3-5-16/h1-13,22,29H,14-15H2/b23-21-. The maximum atomic E-state index is 13.0. The predicted molar refractivity (Wildman–Crippen MR) is 122 cm³/mol. The highest BCUT2D eigenvalue weighted by atomic mass is 35.5. The summed E-state index contributed by atoms with van der Waals surface area (Å²) in [5, 5.41) is 12.1. The van der Waals surface area contributed by atoms with E-state index in [1.54, 1.807) is 48.5 Å². The number of carbonyl (C=O) groups is 2. The molecule has 31 heavy (non-hydrogen) atoms. The molecule has 6 heteroatoms. The second kappa shape index (κ2) is 8.96. The number of rotatable bonds is 5. The number of carbonyl (C=O) groups excluding carboxylic acids is 2. The van der Waals surface area contributed by atoms with Crippen LogP contribution in [-0.4, -0.2) is 28.2 Å². The predicted octanol–water partition coefficient (Wildman–Crippen LogP) is 5.66. The van der Waals surface area contributed by atoms with Gasteiger partial charge in [-0.1, -0.05) is 65.7 Å². The molecule has 1 amide bonds. The number of Topliss-reactive ketones (excluding diaryl/α,β-unsaturated/α-hetero) is 1. The molecule has 1 saturated heterocycles. The Morgan fingerprint density at radius 2 is 1.42 bits per heavy atom. The van der Waals surface area contributed by atoms with Gasteiger partial charge in [0.15, 0.2) is 0 Å². The Kier molecular flexibility index (Phi) is 6.12. The summed E-state index contributed by atoms with van der Waals surface area (Å²) in [5.41, 5.74) is 2.23. The summed E-state index contributed by atoms with van der Waals surface area (Å²) >= 11 is 12.0. The van der Waals surface area contributed by atoms with Crippen LogP contribution < -0.4 is 0 Å². The molecule has 1 aliphatic heterocycles. The van der Waals surface area contributed by atoms with Crippen LogP contribution in [0.4, 0.5) is 0 Å². The van der Waals surface area contributed by atoms with Crippen molar-refractivity contribution < 1.29 is 14.7 Å². The summed E-state index contributed by atoms with van der Waals surface area (Å²) in [7, 11) is 0. The van der Waals surface area contributed by atoms with Crippen molar-refractivity contribution in [1.29, 1.82) is 0 Å². The zero-order valence-corrected chi connectivity index (χ0v) is 18.0. The summed E-state index contributed by atoms with van der Waals surface area (Å²) in [4.78, 5) is 27.5. The zero-order chi connectivity index (χ0) is 22.0. The van der Waals surface area contributed by atoms with Crippen LogP contribution in [-0.2, 0) is 16.0 Å². The van der Waals surface area contributed by atoms with Crippen molar-refractivity contribution in [2.45, 2.75) is 12.5 Å². The number of aliphatic hydroxyl groups excluding tert-OH is 1. The van der Waals surface area contributed by atoms with Gasteiger partial charge >= 0.3 is 0 Å². The van der Waals surface area contributed by atoms with E-state index in [0.717, 1.165) is 5.56 Å². The van der Waals surface area contributed by atoms with E-state index in [1.165, 1.54) is 4.90 Å². The van der Waals surface area contributed by atoms with Crippen molar-refractivity contribution in [3.63, 3.8) is 0 Å². The van der Waals surface area contributed by atoms with Crippen molar-refractivity contribution in [2.24, 2.45) is 0 Å². The Morgan fingerprint density at radius 3 is 2.03 bits per heavy atom. The first-order chi connectivity index (χ1) is 15.0. The van der Waals surface area contributed by atoms with Crippen LogP contribution in [0, 0.1) is 0 Å². The molecule has 1 N–H and O–H groups in total. The first-order valence-electron chi connectivity index (χ1n) is 9.79. The minimum absolute atomic E-state index is 0.0581. The van der Waals surface area contributed by atoms with Gasteiger partial charge in [0.05, 0.1) is 11.6 Å². The minimum Gasteiger partial charge on any atom is -0.507 e. The molecular weight excluding hydrogens is 433 g/mol. The Balaban J connectivity index is 1.78.